The largest absolute Gasteiger partial charge is 0.481 e. The van der Waals surface area contributed by atoms with Gasteiger partial charge >= 0.3 is 5.97 Å². The van der Waals surface area contributed by atoms with Crippen LogP contribution in [0.3, 0.4) is 0 Å². The molecule has 0 spiro atoms. The van der Waals surface area contributed by atoms with Crippen LogP contribution in [0.2, 0.25) is 0 Å². The van der Waals surface area contributed by atoms with Gasteiger partial charge in [0.25, 0.3) is 0 Å². The highest BCUT2D eigenvalue weighted by Gasteiger charge is 1.95. The van der Waals surface area contributed by atoms with Crippen LogP contribution >= 0.6 is 22.6 Å². The molecule has 0 aliphatic carbocycles. The lowest BCUT2D eigenvalue weighted by molar-refractivity contribution is -0.137. The van der Waals surface area contributed by atoms with Gasteiger partial charge < -0.3 is 5.11 Å². The third-order valence-electron chi connectivity index (χ3n) is 3.18. The molecule has 0 aliphatic rings. The molecule has 19 heavy (non-hydrogen) atoms. The number of hydrogen-bond donors (Lipinski definition) is 1. The maximum absolute atomic E-state index is 10.3. The van der Waals surface area contributed by atoms with Crippen molar-refractivity contribution >= 4 is 28.6 Å². The fourth-order valence-electron chi connectivity index (χ4n) is 2.01. The van der Waals surface area contributed by atoms with Crippen molar-refractivity contribution in [3.05, 3.63) is 12.2 Å². The molecular weight excluding hydrogens is 349 g/mol. The molecule has 0 aromatic carbocycles. The minimum Gasteiger partial charge on any atom is -0.481 e. The zero-order chi connectivity index (χ0) is 14.2. The molecule has 0 aromatic heterocycles. The summed E-state index contributed by atoms with van der Waals surface area (Å²) in [7, 11) is 0. The molecular formula is C16H29IO2. The van der Waals surface area contributed by atoms with Crippen LogP contribution in [0.25, 0.3) is 0 Å². The molecule has 2 nitrogen and oxygen atoms in total. The van der Waals surface area contributed by atoms with E-state index in [-0.39, 0.29) is 0 Å². The summed E-state index contributed by atoms with van der Waals surface area (Å²) in [5, 5.41) is 8.50. The normalized spacial score (nSPS) is 11.2. The SMILES string of the molecule is O=C(O)CCCCCCCC=CCCCCCC[125I]. The van der Waals surface area contributed by atoms with Crippen LogP contribution in [-0.2, 0) is 4.79 Å². The lowest BCUT2D eigenvalue weighted by Gasteiger charge is -1.98. The van der Waals surface area contributed by atoms with Gasteiger partial charge in [-0.05, 0) is 43.0 Å². The fraction of sp³-hybridized carbons (Fsp3) is 0.812. The van der Waals surface area contributed by atoms with Crippen LogP contribution in [0.4, 0.5) is 0 Å². The van der Waals surface area contributed by atoms with Crippen LogP contribution < -0.4 is 0 Å². The second kappa shape index (κ2) is 16.0. The standard InChI is InChI=1S/C16H29IO2/c17-15-13-11-9-7-5-3-1-2-4-6-8-10-12-14-16(18)19/h1,3H,2,4-15H2,(H,18,19)/i17-2. The molecule has 0 atom stereocenters. The molecule has 0 aromatic rings. The van der Waals surface area contributed by atoms with Gasteiger partial charge in [0.2, 0.25) is 0 Å². The van der Waals surface area contributed by atoms with E-state index in [2.05, 4.69) is 34.7 Å². The summed E-state index contributed by atoms with van der Waals surface area (Å²) >= 11 is 2.44. The Kier molecular flexibility index (Phi) is 15.9. The maximum atomic E-state index is 10.3. The first-order valence-electron chi connectivity index (χ1n) is 7.70. The van der Waals surface area contributed by atoms with E-state index < -0.39 is 5.97 Å². The summed E-state index contributed by atoms with van der Waals surface area (Å²) in [6.07, 6.45) is 18.4. The highest BCUT2D eigenvalue weighted by Crippen LogP contribution is 2.09. The van der Waals surface area contributed by atoms with Crippen LogP contribution in [0.15, 0.2) is 12.2 Å². The number of alkyl halides is 1. The van der Waals surface area contributed by atoms with Gasteiger partial charge in [0, 0.05) is 6.42 Å². The van der Waals surface area contributed by atoms with Gasteiger partial charge in [-0.2, -0.15) is 0 Å². The molecule has 0 rings (SSSR count). The van der Waals surface area contributed by atoms with Crippen molar-refractivity contribution in [3.8, 4) is 0 Å². The van der Waals surface area contributed by atoms with E-state index in [0.29, 0.717) is 6.42 Å². The van der Waals surface area contributed by atoms with Crippen LogP contribution in [-0.4, -0.2) is 15.5 Å². The Morgan fingerprint density at radius 1 is 0.789 bits per heavy atom. The van der Waals surface area contributed by atoms with E-state index >= 15 is 0 Å². The predicted molar refractivity (Wildman–Crippen MR) is 91.1 cm³/mol. The maximum Gasteiger partial charge on any atom is 0.303 e. The van der Waals surface area contributed by atoms with Crippen LogP contribution in [0, 0.1) is 0 Å². The lowest BCUT2D eigenvalue weighted by atomic mass is 10.1. The lowest BCUT2D eigenvalue weighted by Crippen LogP contribution is -1.93. The molecule has 0 radical (unpaired) electrons. The topological polar surface area (TPSA) is 37.3 Å². The van der Waals surface area contributed by atoms with Gasteiger partial charge in [-0.25, -0.2) is 0 Å². The Bertz CT molecular complexity index is 227. The number of aliphatic carboxylic acids is 1. The summed E-state index contributed by atoms with van der Waals surface area (Å²) in [5.41, 5.74) is 0. The Hall–Kier alpha value is -0.0600. The van der Waals surface area contributed by atoms with Gasteiger partial charge in [0.15, 0.2) is 0 Å². The van der Waals surface area contributed by atoms with Crippen molar-refractivity contribution in [2.75, 3.05) is 4.43 Å². The minimum atomic E-state index is -0.665. The fourth-order valence-corrected chi connectivity index (χ4v) is 2.55. The molecule has 0 saturated heterocycles. The van der Waals surface area contributed by atoms with Crippen LogP contribution in [0.5, 0.6) is 0 Å². The second-order valence-electron chi connectivity index (χ2n) is 5.06. The van der Waals surface area contributed by atoms with Gasteiger partial charge in [-0.1, -0.05) is 66.8 Å². The zero-order valence-corrected chi connectivity index (χ0v) is 14.2. The molecule has 0 amide bonds. The van der Waals surface area contributed by atoms with Gasteiger partial charge in [-0.15, -0.1) is 0 Å². The Morgan fingerprint density at radius 2 is 1.26 bits per heavy atom. The quantitative estimate of drug-likeness (QED) is 0.181. The molecule has 0 unspecified atom stereocenters. The Labute approximate surface area is 132 Å². The molecule has 3 heteroatoms. The third-order valence-corrected chi connectivity index (χ3v) is 3.95. The zero-order valence-electron chi connectivity index (χ0n) is 12.1. The number of unbranched alkanes of at least 4 members (excludes halogenated alkanes) is 9. The number of allylic oxidation sites excluding steroid dienone is 2. The van der Waals surface area contributed by atoms with E-state index in [9.17, 15) is 4.79 Å². The number of rotatable bonds is 14. The van der Waals surface area contributed by atoms with Crippen molar-refractivity contribution in [1.82, 2.24) is 0 Å². The number of hydrogen-bond acceptors (Lipinski definition) is 1. The van der Waals surface area contributed by atoms with Crippen molar-refractivity contribution in [1.29, 1.82) is 0 Å². The van der Waals surface area contributed by atoms with Gasteiger partial charge in [-0.3, -0.25) is 4.79 Å². The first-order chi connectivity index (χ1) is 9.27. The summed E-state index contributed by atoms with van der Waals surface area (Å²) in [5.74, 6) is -0.665. The van der Waals surface area contributed by atoms with Gasteiger partial charge in [0.1, 0.15) is 0 Å². The average Bonchev–Trinajstić information content (AvgIpc) is 2.39. The minimum absolute atomic E-state index is 0.331. The Morgan fingerprint density at radius 3 is 1.79 bits per heavy atom. The van der Waals surface area contributed by atoms with Crippen molar-refractivity contribution in [2.45, 2.75) is 77.0 Å². The summed E-state index contributed by atoms with van der Waals surface area (Å²) in [6, 6.07) is 0. The monoisotopic (exact) mass is 378 g/mol. The molecule has 0 saturated carbocycles. The highest BCUT2D eigenvalue weighted by atomic mass is 125. The van der Waals surface area contributed by atoms with E-state index in [4.69, 9.17) is 5.11 Å². The summed E-state index contributed by atoms with van der Waals surface area (Å²) in [6.45, 7) is 0. The third kappa shape index (κ3) is 17.9. The van der Waals surface area contributed by atoms with Crippen molar-refractivity contribution in [3.63, 3.8) is 0 Å². The van der Waals surface area contributed by atoms with E-state index in [1.54, 1.807) is 0 Å². The Balaban J connectivity index is 3.06. The smallest absolute Gasteiger partial charge is 0.303 e. The number of carboxylic acid groups (broad SMARTS) is 1. The summed E-state index contributed by atoms with van der Waals surface area (Å²) < 4.78 is 1.29. The number of halogens is 1. The predicted octanol–water partition coefficient (Wildman–Crippen LogP) is 5.74. The molecule has 0 aliphatic heterocycles. The number of carboxylic acids is 1. The molecule has 112 valence electrons. The second-order valence-corrected chi connectivity index (χ2v) is 6.14. The molecule has 0 heterocycles. The molecule has 1 N–H and O–H groups in total. The molecule has 0 bridgehead atoms. The first kappa shape index (κ1) is 18.9. The molecule has 0 fully saturated rings. The van der Waals surface area contributed by atoms with Gasteiger partial charge in [0.05, 0.1) is 0 Å². The van der Waals surface area contributed by atoms with E-state index in [0.717, 1.165) is 12.8 Å². The van der Waals surface area contributed by atoms with Crippen molar-refractivity contribution in [2.24, 2.45) is 0 Å². The number of carbonyl (C=O) groups is 1. The van der Waals surface area contributed by atoms with Crippen LogP contribution in [0.1, 0.15) is 77.0 Å². The van der Waals surface area contributed by atoms with E-state index in [1.807, 2.05) is 0 Å². The summed E-state index contributed by atoms with van der Waals surface area (Å²) in [4.78, 5) is 10.3. The highest BCUT2D eigenvalue weighted by molar-refractivity contribution is 14.1. The average molecular weight is 378 g/mol. The first-order valence-corrected chi connectivity index (χ1v) is 9.22. The van der Waals surface area contributed by atoms with E-state index in [1.165, 1.54) is 62.2 Å². The van der Waals surface area contributed by atoms with Crippen molar-refractivity contribution < 1.29 is 9.90 Å².